The van der Waals surface area contributed by atoms with Crippen molar-refractivity contribution in [3.8, 4) is 0 Å². The van der Waals surface area contributed by atoms with Crippen molar-refractivity contribution in [3.63, 3.8) is 0 Å². The highest BCUT2D eigenvalue weighted by Gasteiger charge is 2.30. The Morgan fingerprint density at radius 3 is 0.639 bits per heavy atom. The molecule has 0 bridgehead atoms. The molecule has 0 aliphatic heterocycles. The minimum Gasteiger partial charge on any atom is -0.462 e. The first-order chi connectivity index (χ1) is 46.6. The zero-order chi connectivity index (χ0) is 71.7. The molecule has 0 rings (SSSR count). The first-order valence-electron chi connectivity index (χ1n) is 40.2. The van der Waals surface area contributed by atoms with Gasteiger partial charge in [-0.25, -0.2) is 9.13 Å². The summed E-state index contributed by atoms with van der Waals surface area (Å²) in [6, 6.07) is 0. The Kier molecular flexibility index (Phi) is 65.9. The van der Waals surface area contributed by atoms with E-state index in [2.05, 4.69) is 55.4 Å². The monoisotopic (exact) mass is 1420 g/mol. The molecule has 0 fully saturated rings. The smallest absolute Gasteiger partial charge is 0.462 e. The van der Waals surface area contributed by atoms with Crippen LogP contribution in [0.3, 0.4) is 0 Å². The van der Waals surface area contributed by atoms with E-state index in [0.717, 1.165) is 114 Å². The van der Waals surface area contributed by atoms with Gasteiger partial charge in [-0.2, -0.15) is 0 Å². The van der Waals surface area contributed by atoms with Gasteiger partial charge in [0.05, 0.1) is 26.4 Å². The van der Waals surface area contributed by atoms with Crippen molar-refractivity contribution in [2.75, 3.05) is 39.6 Å². The molecule has 0 saturated heterocycles. The predicted molar refractivity (Wildman–Crippen MR) is 395 cm³/mol. The van der Waals surface area contributed by atoms with Gasteiger partial charge >= 0.3 is 39.5 Å². The molecule has 97 heavy (non-hydrogen) atoms. The molecular formula is C78H152O17P2. The van der Waals surface area contributed by atoms with Crippen LogP contribution in [-0.4, -0.2) is 96.7 Å². The summed E-state index contributed by atoms with van der Waals surface area (Å²) in [5, 5.41) is 10.6. The number of phosphoric ester groups is 2. The lowest BCUT2D eigenvalue weighted by molar-refractivity contribution is -0.161. The van der Waals surface area contributed by atoms with Crippen LogP contribution >= 0.6 is 15.6 Å². The van der Waals surface area contributed by atoms with Crippen molar-refractivity contribution in [1.82, 2.24) is 0 Å². The molecule has 0 heterocycles. The van der Waals surface area contributed by atoms with Crippen LogP contribution < -0.4 is 0 Å². The molecule has 576 valence electrons. The number of aliphatic hydroxyl groups is 1. The molecule has 0 aliphatic carbocycles. The highest BCUT2D eigenvalue weighted by Crippen LogP contribution is 2.45. The molecule has 3 unspecified atom stereocenters. The summed E-state index contributed by atoms with van der Waals surface area (Å²) >= 11 is 0. The molecular weight excluding hydrogens is 1270 g/mol. The minimum atomic E-state index is -4.96. The third-order valence-corrected chi connectivity index (χ3v) is 20.0. The zero-order valence-electron chi connectivity index (χ0n) is 63.7. The second-order valence-corrected chi connectivity index (χ2v) is 32.9. The Bertz CT molecular complexity index is 1900. The van der Waals surface area contributed by atoms with Crippen LogP contribution in [0.15, 0.2) is 0 Å². The van der Waals surface area contributed by atoms with Crippen LogP contribution in [-0.2, 0) is 65.4 Å². The van der Waals surface area contributed by atoms with Crippen LogP contribution in [0, 0.1) is 23.7 Å². The zero-order valence-corrected chi connectivity index (χ0v) is 65.5. The fraction of sp³-hybridized carbons (Fsp3) is 0.949. The summed E-state index contributed by atoms with van der Waals surface area (Å²) in [6.45, 7) is 14.2. The van der Waals surface area contributed by atoms with Crippen LogP contribution in [0.5, 0.6) is 0 Å². The van der Waals surface area contributed by atoms with Gasteiger partial charge in [0.15, 0.2) is 12.2 Å². The number of unbranched alkanes of at least 4 members (excludes halogenated alkanes) is 41. The van der Waals surface area contributed by atoms with Gasteiger partial charge in [0.25, 0.3) is 0 Å². The van der Waals surface area contributed by atoms with E-state index in [1.54, 1.807) is 0 Å². The molecule has 0 radical (unpaired) electrons. The summed E-state index contributed by atoms with van der Waals surface area (Å²) in [7, 11) is -9.92. The Balaban J connectivity index is 5.21. The molecule has 0 aromatic carbocycles. The van der Waals surface area contributed by atoms with E-state index < -0.39 is 97.5 Å². The number of ether oxygens (including phenoxy) is 4. The van der Waals surface area contributed by atoms with E-state index in [1.165, 1.54) is 199 Å². The van der Waals surface area contributed by atoms with Crippen molar-refractivity contribution in [2.45, 2.75) is 414 Å². The van der Waals surface area contributed by atoms with Crippen molar-refractivity contribution in [3.05, 3.63) is 0 Å². The molecule has 17 nitrogen and oxygen atoms in total. The predicted octanol–water partition coefficient (Wildman–Crippen LogP) is 22.8. The minimum absolute atomic E-state index is 0.105. The topological polar surface area (TPSA) is 237 Å². The van der Waals surface area contributed by atoms with Gasteiger partial charge in [-0.1, -0.05) is 344 Å². The molecule has 0 aromatic rings. The van der Waals surface area contributed by atoms with E-state index in [9.17, 15) is 43.2 Å². The molecule has 3 N–H and O–H groups in total. The molecule has 5 atom stereocenters. The van der Waals surface area contributed by atoms with Crippen LogP contribution in [0.4, 0.5) is 0 Å². The second kappa shape index (κ2) is 67.2. The lowest BCUT2D eigenvalue weighted by Gasteiger charge is -2.21. The highest BCUT2D eigenvalue weighted by molar-refractivity contribution is 7.47. The van der Waals surface area contributed by atoms with E-state index in [4.69, 9.17) is 37.0 Å². The van der Waals surface area contributed by atoms with Gasteiger partial charge in [0, 0.05) is 25.7 Å². The largest absolute Gasteiger partial charge is 0.472 e. The summed E-state index contributed by atoms with van der Waals surface area (Å²) < 4.78 is 68.6. The number of carbonyl (C=O) groups excluding carboxylic acids is 4. The fourth-order valence-electron chi connectivity index (χ4n) is 11.9. The Morgan fingerprint density at radius 1 is 0.258 bits per heavy atom. The Labute approximate surface area is 594 Å². The van der Waals surface area contributed by atoms with Crippen LogP contribution in [0.25, 0.3) is 0 Å². The lowest BCUT2D eigenvalue weighted by Crippen LogP contribution is -2.30. The van der Waals surface area contributed by atoms with Gasteiger partial charge in [-0.3, -0.25) is 37.3 Å². The van der Waals surface area contributed by atoms with Crippen molar-refractivity contribution >= 4 is 39.5 Å². The quantitative estimate of drug-likeness (QED) is 0.0222. The second-order valence-electron chi connectivity index (χ2n) is 30.0. The number of aliphatic hydroxyl groups excluding tert-OH is 1. The normalized spacial score (nSPS) is 14.1. The third kappa shape index (κ3) is 72.2. The van der Waals surface area contributed by atoms with Crippen molar-refractivity contribution in [1.29, 1.82) is 0 Å². The number of phosphoric acid groups is 2. The van der Waals surface area contributed by atoms with Crippen molar-refractivity contribution in [2.24, 2.45) is 23.7 Å². The summed E-state index contributed by atoms with van der Waals surface area (Å²) in [5.74, 6) is 0.923. The Morgan fingerprint density at radius 2 is 0.433 bits per heavy atom. The molecule has 0 aromatic heterocycles. The molecule has 0 amide bonds. The fourth-order valence-corrected chi connectivity index (χ4v) is 13.5. The average Bonchev–Trinajstić information content (AvgIpc) is 1.83. The maximum absolute atomic E-state index is 13.1. The molecule has 19 heteroatoms. The number of hydrogen-bond acceptors (Lipinski definition) is 15. The first kappa shape index (κ1) is 95.1. The van der Waals surface area contributed by atoms with Gasteiger partial charge < -0.3 is 33.8 Å². The van der Waals surface area contributed by atoms with E-state index >= 15 is 0 Å². The summed E-state index contributed by atoms with van der Waals surface area (Å²) in [5.41, 5.74) is 0. The first-order valence-corrected chi connectivity index (χ1v) is 43.2. The standard InChI is InChI=1S/C78H152O17P2/c1-68(2)54-46-38-30-22-17-15-13-11-9-10-12-14-16-18-25-36-44-52-60-77(82)94-73(64-88-75(80)58-50-42-34-27-21-24-32-40-48-56-70(5)6)66-92-96(84,85)90-62-72(79)63-91-97(86,87)93-67-74(65-89-76(81)59-51-43-35-29-28-33-41-49-57-71(7)8)95-78(83)61-53-45-37-26-20-19-23-31-39-47-55-69(3)4/h68-74,79H,9-67H2,1-8H3,(H,84,85)(H,86,87)/t72?,73-,74-/m1/s1. The SMILES string of the molecule is CC(C)CCCCCCCCCCCCCCCCCCCCC(=O)O[C@H](COC(=O)CCCCCCCCCCCC(C)C)COP(=O)(O)OCC(O)COP(=O)(O)OC[C@@H](COC(=O)CCCCCCCCCCC(C)C)OC(=O)CCCCCCCCCCCCC(C)C. The van der Waals surface area contributed by atoms with Crippen LogP contribution in [0.2, 0.25) is 0 Å². The van der Waals surface area contributed by atoms with Gasteiger partial charge in [-0.05, 0) is 49.4 Å². The number of carbonyl (C=O) groups is 4. The summed E-state index contributed by atoms with van der Waals surface area (Å²) in [6.07, 6.45) is 52.9. The highest BCUT2D eigenvalue weighted by atomic mass is 31.2. The van der Waals surface area contributed by atoms with Crippen LogP contribution in [0.1, 0.15) is 396 Å². The van der Waals surface area contributed by atoms with Gasteiger partial charge in [-0.15, -0.1) is 0 Å². The summed E-state index contributed by atoms with van der Waals surface area (Å²) in [4.78, 5) is 72.9. The Hall–Kier alpha value is -1.94. The van der Waals surface area contributed by atoms with Crippen molar-refractivity contribution < 1.29 is 80.2 Å². The van der Waals surface area contributed by atoms with E-state index in [-0.39, 0.29) is 25.7 Å². The number of hydrogen-bond donors (Lipinski definition) is 3. The van der Waals surface area contributed by atoms with E-state index in [1.807, 2.05) is 0 Å². The third-order valence-electron chi connectivity index (χ3n) is 18.1. The lowest BCUT2D eigenvalue weighted by atomic mass is 10.0. The number of esters is 4. The molecule has 0 saturated carbocycles. The number of rotatable bonds is 75. The maximum atomic E-state index is 13.1. The molecule has 0 aliphatic rings. The molecule has 0 spiro atoms. The van der Waals surface area contributed by atoms with Gasteiger partial charge in [0.1, 0.15) is 19.3 Å². The van der Waals surface area contributed by atoms with E-state index in [0.29, 0.717) is 25.7 Å². The van der Waals surface area contributed by atoms with Gasteiger partial charge in [0.2, 0.25) is 0 Å². The maximum Gasteiger partial charge on any atom is 0.472 e. The average molecular weight is 1420 g/mol.